The minimum atomic E-state index is -0.414. The van der Waals surface area contributed by atoms with Gasteiger partial charge in [-0.05, 0) is 12.1 Å². The van der Waals surface area contributed by atoms with Crippen LogP contribution in [0.3, 0.4) is 0 Å². The molecule has 3 aromatic rings. The average molecular weight is 257 g/mol. The highest BCUT2D eigenvalue weighted by atomic mass is 32.1. The Kier molecular flexibility index (Phi) is 2.66. The van der Waals surface area contributed by atoms with E-state index < -0.39 is 5.91 Å². The van der Waals surface area contributed by atoms with Gasteiger partial charge in [0.25, 0.3) is 5.91 Å². The lowest BCUT2D eigenvalue weighted by atomic mass is 10.3. The Morgan fingerprint density at radius 3 is 2.78 bits per heavy atom. The third kappa shape index (κ3) is 2.03. The van der Waals surface area contributed by atoms with Crippen molar-refractivity contribution in [1.82, 2.24) is 20.2 Å². The maximum atomic E-state index is 11.8. The van der Waals surface area contributed by atoms with Gasteiger partial charge >= 0.3 is 0 Å². The molecule has 6 nitrogen and oxygen atoms in total. The SMILES string of the molecule is O=C(Nc1nccs1)c1nnc2ccccc2n1. The third-order valence-corrected chi connectivity index (χ3v) is 2.90. The summed E-state index contributed by atoms with van der Waals surface area (Å²) >= 11 is 1.33. The van der Waals surface area contributed by atoms with Gasteiger partial charge in [-0.2, -0.15) is 0 Å². The summed E-state index contributed by atoms with van der Waals surface area (Å²) in [6.45, 7) is 0. The lowest BCUT2D eigenvalue weighted by Gasteiger charge is -2.00. The smallest absolute Gasteiger partial charge is 0.295 e. The molecule has 0 radical (unpaired) electrons. The van der Waals surface area contributed by atoms with E-state index in [0.717, 1.165) is 0 Å². The van der Waals surface area contributed by atoms with E-state index in [4.69, 9.17) is 0 Å². The van der Waals surface area contributed by atoms with Crippen molar-refractivity contribution in [3.63, 3.8) is 0 Å². The van der Waals surface area contributed by atoms with E-state index in [9.17, 15) is 4.79 Å². The Morgan fingerprint density at radius 2 is 2.00 bits per heavy atom. The van der Waals surface area contributed by atoms with Crippen molar-refractivity contribution in [2.24, 2.45) is 0 Å². The van der Waals surface area contributed by atoms with Crippen LogP contribution in [0.25, 0.3) is 11.0 Å². The fraction of sp³-hybridized carbons (Fsp3) is 0. The molecule has 0 atom stereocenters. The van der Waals surface area contributed by atoms with E-state index >= 15 is 0 Å². The first-order valence-electron chi connectivity index (χ1n) is 5.13. The van der Waals surface area contributed by atoms with E-state index in [0.29, 0.717) is 16.2 Å². The van der Waals surface area contributed by atoms with E-state index in [1.54, 1.807) is 23.7 Å². The standard InChI is InChI=1S/C11H7N5OS/c17-10(14-11-12-5-6-18-11)9-13-7-3-1-2-4-8(7)15-16-9/h1-6H,(H,12,14,17). The van der Waals surface area contributed by atoms with Gasteiger partial charge in [0.2, 0.25) is 5.82 Å². The minimum absolute atomic E-state index is 0.0314. The number of aromatic nitrogens is 4. The van der Waals surface area contributed by atoms with Gasteiger partial charge in [0, 0.05) is 11.6 Å². The van der Waals surface area contributed by atoms with E-state index in [1.165, 1.54) is 11.3 Å². The molecule has 0 aliphatic heterocycles. The maximum Gasteiger partial charge on any atom is 0.297 e. The fourth-order valence-corrected chi connectivity index (χ4v) is 1.94. The summed E-state index contributed by atoms with van der Waals surface area (Å²) in [7, 11) is 0. The number of rotatable bonds is 2. The summed E-state index contributed by atoms with van der Waals surface area (Å²) in [4.78, 5) is 19.9. The molecule has 88 valence electrons. The Bertz CT molecular complexity index is 697. The first-order valence-corrected chi connectivity index (χ1v) is 6.01. The second-order valence-electron chi connectivity index (χ2n) is 3.42. The predicted octanol–water partition coefficient (Wildman–Crippen LogP) is 1.73. The molecule has 0 spiro atoms. The van der Waals surface area contributed by atoms with Crippen molar-refractivity contribution in [3.8, 4) is 0 Å². The molecule has 1 N–H and O–H groups in total. The Labute approximate surface area is 106 Å². The Morgan fingerprint density at radius 1 is 1.17 bits per heavy atom. The van der Waals surface area contributed by atoms with Crippen molar-refractivity contribution >= 4 is 33.4 Å². The van der Waals surface area contributed by atoms with Crippen molar-refractivity contribution in [3.05, 3.63) is 41.7 Å². The van der Waals surface area contributed by atoms with Gasteiger partial charge in [-0.1, -0.05) is 12.1 Å². The van der Waals surface area contributed by atoms with Gasteiger partial charge in [0.15, 0.2) is 5.13 Å². The number of para-hydroxylation sites is 1. The molecular formula is C11H7N5OS. The first-order chi connectivity index (χ1) is 8.83. The van der Waals surface area contributed by atoms with Crippen molar-refractivity contribution in [2.75, 3.05) is 5.32 Å². The summed E-state index contributed by atoms with van der Waals surface area (Å²) in [5.41, 5.74) is 1.29. The molecule has 0 fully saturated rings. The Balaban J connectivity index is 1.92. The molecule has 18 heavy (non-hydrogen) atoms. The van der Waals surface area contributed by atoms with Crippen LogP contribution in [0.1, 0.15) is 10.6 Å². The number of nitrogens with zero attached hydrogens (tertiary/aromatic N) is 4. The third-order valence-electron chi connectivity index (χ3n) is 2.22. The molecule has 7 heteroatoms. The number of anilines is 1. The van der Waals surface area contributed by atoms with Gasteiger partial charge in [0.05, 0.1) is 5.52 Å². The number of fused-ring (bicyclic) bond motifs is 1. The molecule has 2 heterocycles. The number of nitrogens with one attached hydrogen (secondary N) is 1. The van der Waals surface area contributed by atoms with Crippen LogP contribution in [0.4, 0.5) is 5.13 Å². The van der Waals surface area contributed by atoms with Crippen LogP contribution in [0, 0.1) is 0 Å². The Hall–Kier alpha value is -2.41. The minimum Gasteiger partial charge on any atom is -0.295 e. The largest absolute Gasteiger partial charge is 0.297 e. The second-order valence-corrected chi connectivity index (χ2v) is 4.31. The molecule has 0 saturated heterocycles. The van der Waals surface area contributed by atoms with Crippen LogP contribution in [0.15, 0.2) is 35.8 Å². The van der Waals surface area contributed by atoms with Gasteiger partial charge in [-0.3, -0.25) is 10.1 Å². The highest BCUT2D eigenvalue weighted by Gasteiger charge is 2.12. The summed E-state index contributed by atoms with van der Waals surface area (Å²) < 4.78 is 0. The molecule has 0 saturated carbocycles. The molecule has 0 aliphatic rings. The van der Waals surface area contributed by atoms with E-state index in [-0.39, 0.29) is 5.82 Å². The number of carbonyl (C=O) groups excluding carboxylic acids is 1. The second kappa shape index (κ2) is 4.46. The molecular weight excluding hydrogens is 250 g/mol. The fourth-order valence-electron chi connectivity index (χ4n) is 1.42. The molecule has 1 amide bonds. The summed E-state index contributed by atoms with van der Waals surface area (Å²) in [5.74, 6) is -0.382. The zero-order valence-corrected chi connectivity index (χ0v) is 9.89. The number of hydrogen-bond acceptors (Lipinski definition) is 6. The molecule has 3 rings (SSSR count). The van der Waals surface area contributed by atoms with Crippen molar-refractivity contribution in [1.29, 1.82) is 0 Å². The van der Waals surface area contributed by atoms with Crippen LogP contribution in [0.5, 0.6) is 0 Å². The van der Waals surface area contributed by atoms with Crippen LogP contribution < -0.4 is 5.32 Å². The number of thiazole rings is 1. The summed E-state index contributed by atoms with van der Waals surface area (Å²) in [5, 5.41) is 12.6. The van der Waals surface area contributed by atoms with Gasteiger partial charge in [-0.15, -0.1) is 21.5 Å². The van der Waals surface area contributed by atoms with Crippen molar-refractivity contribution in [2.45, 2.75) is 0 Å². The van der Waals surface area contributed by atoms with Crippen LogP contribution in [-0.2, 0) is 0 Å². The topological polar surface area (TPSA) is 80.7 Å². The molecule has 0 unspecified atom stereocenters. The number of hydrogen-bond donors (Lipinski definition) is 1. The zero-order valence-electron chi connectivity index (χ0n) is 9.07. The normalized spacial score (nSPS) is 10.4. The highest BCUT2D eigenvalue weighted by Crippen LogP contribution is 2.12. The van der Waals surface area contributed by atoms with E-state index in [1.807, 2.05) is 12.1 Å². The van der Waals surface area contributed by atoms with Gasteiger partial charge in [-0.25, -0.2) is 9.97 Å². The number of benzene rings is 1. The lowest BCUT2D eigenvalue weighted by Crippen LogP contribution is -2.16. The van der Waals surface area contributed by atoms with Crippen LogP contribution in [0.2, 0.25) is 0 Å². The molecule has 0 aliphatic carbocycles. The van der Waals surface area contributed by atoms with E-state index in [2.05, 4.69) is 25.5 Å². The zero-order chi connectivity index (χ0) is 12.4. The lowest BCUT2D eigenvalue weighted by molar-refractivity contribution is 0.101. The molecule has 1 aromatic carbocycles. The summed E-state index contributed by atoms with van der Waals surface area (Å²) in [6.07, 6.45) is 1.61. The van der Waals surface area contributed by atoms with Gasteiger partial charge < -0.3 is 0 Å². The highest BCUT2D eigenvalue weighted by molar-refractivity contribution is 7.13. The van der Waals surface area contributed by atoms with Gasteiger partial charge in [0.1, 0.15) is 5.52 Å². The maximum absolute atomic E-state index is 11.8. The van der Waals surface area contributed by atoms with Crippen molar-refractivity contribution < 1.29 is 4.79 Å². The molecule has 0 bridgehead atoms. The number of carbonyl (C=O) groups is 1. The quantitative estimate of drug-likeness (QED) is 0.756. The summed E-state index contributed by atoms with van der Waals surface area (Å²) in [6, 6.07) is 7.25. The van der Waals surface area contributed by atoms with Crippen LogP contribution >= 0.6 is 11.3 Å². The average Bonchev–Trinajstić information content (AvgIpc) is 2.91. The monoisotopic (exact) mass is 257 g/mol. The van der Waals surface area contributed by atoms with Crippen LogP contribution in [-0.4, -0.2) is 26.1 Å². The molecule has 2 aromatic heterocycles. The first kappa shape index (κ1) is 10.7. The predicted molar refractivity (Wildman–Crippen MR) is 67.4 cm³/mol. The number of amides is 1.